The van der Waals surface area contributed by atoms with E-state index < -0.39 is 0 Å². The Kier molecular flexibility index (Phi) is 5.20. The maximum Gasteiger partial charge on any atom is 0.305 e. The Hall–Kier alpha value is -1.31. The molecule has 1 aromatic rings. The Balaban J connectivity index is 2.74. The van der Waals surface area contributed by atoms with Crippen LogP contribution in [-0.2, 0) is 16.0 Å². The Bertz CT molecular complexity index is 369. The molecule has 1 unspecified atom stereocenters. The van der Waals surface area contributed by atoms with Crippen LogP contribution in [0, 0.1) is 18.8 Å². The van der Waals surface area contributed by atoms with E-state index in [0.29, 0.717) is 18.3 Å². The fraction of sp³-hybridized carbons (Fsp3) is 0.533. The first-order chi connectivity index (χ1) is 8.04. The van der Waals surface area contributed by atoms with E-state index in [0.717, 1.165) is 6.42 Å². The van der Waals surface area contributed by atoms with Crippen molar-refractivity contribution < 1.29 is 9.53 Å². The van der Waals surface area contributed by atoms with Crippen molar-refractivity contribution in [2.24, 2.45) is 11.8 Å². The number of aryl methyl sites for hydroxylation is 1. The fourth-order valence-corrected chi connectivity index (χ4v) is 1.96. The van der Waals surface area contributed by atoms with Crippen molar-refractivity contribution in [3.8, 4) is 0 Å². The highest BCUT2D eigenvalue weighted by atomic mass is 16.5. The van der Waals surface area contributed by atoms with E-state index in [1.807, 2.05) is 6.07 Å². The van der Waals surface area contributed by atoms with Crippen LogP contribution in [0.15, 0.2) is 24.3 Å². The molecule has 17 heavy (non-hydrogen) atoms. The minimum absolute atomic E-state index is 0.114. The minimum atomic E-state index is -0.114. The molecule has 1 aromatic carbocycles. The van der Waals surface area contributed by atoms with Gasteiger partial charge in [0.15, 0.2) is 0 Å². The molecular formula is C15H22O2. The molecule has 0 saturated carbocycles. The van der Waals surface area contributed by atoms with Gasteiger partial charge in [0.05, 0.1) is 7.11 Å². The van der Waals surface area contributed by atoms with E-state index in [1.165, 1.54) is 18.2 Å². The minimum Gasteiger partial charge on any atom is -0.469 e. The molecule has 0 N–H and O–H groups in total. The SMILES string of the molecule is COC(=O)CC(Cc1ccccc1C)C(C)C. The summed E-state index contributed by atoms with van der Waals surface area (Å²) in [5.74, 6) is 0.717. The van der Waals surface area contributed by atoms with Gasteiger partial charge in [0.1, 0.15) is 0 Å². The predicted molar refractivity (Wildman–Crippen MR) is 69.8 cm³/mol. The monoisotopic (exact) mass is 234 g/mol. The van der Waals surface area contributed by atoms with Crippen LogP contribution in [0.2, 0.25) is 0 Å². The molecule has 0 aliphatic heterocycles. The molecule has 0 aliphatic carbocycles. The van der Waals surface area contributed by atoms with Crippen molar-refractivity contribution >= 4 is 5.97 Å². The first-order valence-electron chi connectivity index (χ1n) is 6.16. The van der Waals surface area contributed by atoms with Crippen LogP contribution in [-0.4, -0.2) is 13.1 Å². The van der Waals surface area contributed by atoms with E-state index in [9.17, 15) is 4.79 Å². The summed E-state index contributed by atoms with van der Waals surface area (Å²) in [5, 5.41) is 0. The maximum atomic E-state index is 11.4. The van der Waals surface area contributed by atoms with Crippen LogP contribution < -0.4 is 0 Å². The normalized spacial score (nSPS) is 12.5. The van der Waals surface area contributed by atoms with E-state index in [1.54, 1.807) is 0 Å². The van der Waals surface area contributed by atoms with E-state index in [4.69, 9.17) is 4.74 Å². The second-order valence-electron chi connectivity index (χ2n) is 4.91. The lowest BCUT2D eigenvalue weighted by molar-refractivity contribution is -0.142. The van der Waals surface area contributed by atoms with Gasteiger partial charge in [-0.3, -0.25) is 4.79 Å². The molecular weight excluding hydrogens is 212 g/mol. The summed E-state index contributed by atoms with van der Waals surface area (Å²) >= 11 is 0. The van der Waals surface area contributed by atoms with E-state index in [2.05, 4.69) is 39.0 Å². The summed E-state index contributed by atoms with van der Waals surface area (Å²) in [7, 11) is 1.45. The summed E-state index contributed by atoms with van der Waals surface area (Å²) in [6, 6.07) is 8.36. The van der Waals surface area contributed by atoms with Gasteiger partial charge in [-0.1, -0.05) is 38.1 Å². The Morgan fingerprint density at radius 2 is 1.94 bits per heavy atom. The van der Waals surface area contributed by atoms with Gasteiger partial charge in [-0.15, -0.1) is 0 Å². The van der Waals surface area contributed by atoms with Gasteiger partial charge >= 0.3 is 5.97 Å². The van der Waals surface area contributed by atoms with Gasteiger partial charge in [-0.2, -0.15) is 0 Å². The average Bonchev–Trinajstić information content (AvgIpc) is 2.30. The van der Waals surface area contributed by atoms with Gasteiger partial charge in [0, 0.05) is 6.42 Å². The molecule has 0 aromatic heterocycles. The largest absolute Gasteiger partial charge is 0.469 e. The molecule has 0 saturated heterocycles. The summed E-state index contributed by atoms with van der Waals surface area (Å²) in [6.45, 7) is 6.43. The number of benzene rings is 1. The second kappa shape index (κ2) is 6.43. The number of esters is 1. The number of hydrogen-bond acceptors (Lipinski definition) is 2. The molecule has 2 nitrogen and oxygen atoms in total. The molecule has 0 aliphatic rings. The zero-order valence-electron chi connectivity index (χ0n) is 11.2. The number of carbonyl (C=O) groups is 1. The summed E-state index contributed by atoms with van der Waals surface area (Å²) in [4.78, 5) is 11.4. The zero-order chi connectivity index (χ0) is 12.8. The molecule has 0 bridgehead atoms. The highest BCUT2D eigenvalue weighted by Gasteiger charge is 2.19. The molecule has 0 spiro atoms. The Labute approximate surface area is 104 Å². The van der Waals surface area contributed by atoms with Crippen molar-refractivity contribution in [2.45, 2.75) is 33.6 Å². The van der Waals surface area contributed by atoms with E-state index >= 15 is 0 Å². The van der Waals surface area contributed by atoms with Gasteiger partial charge in [-0.05, 0) is 36.3 Å². The summed E-state index contributed by atoms with van der Waals surface area (Å²) in [5.41, 5.74) is 2.62. The maximum absolute atomic E-state index is 11.4. The van der Waals surface area contributed by atoms with Crippen LogP contribution in [0.1, 0.15) is 31.4 Å². The van der Waals surface area contributed by atoms with Crippen molar-refractivity contribution in [3.05, 3.63) is 35.4 Å². The highest BCUT2D eigenvalue weighted by Crippen LogP contribution is 2.22. The molecule has 1 atom stereocenters. The zero-order valence-corrected chi connectivity index (χ0v) is 11.2. The van der Waals surface area contributed by atoms with Gasteiger partial charge in [0.25, 0.3) is 0 Å². The molecule has 0 fully saturated rings. The van der Waals surface area contributed by atoms with Crippen LogP contribution in [0.3, 0.4) is 0 Å². The van der Waals surface area contributed by atoms with Crippen molar-refractivity contribution in [2.75, 3.05) is 7.11 Å². The number of carbonyl (C=O) groups excluding carboxylic acids is 1. The van der Waals surface area contributed by atoms with Crippen molar-refractivity contribution in [3.63, 3.8) is 0 Å². The lowest BCUT2D eigenvalue weighted by atomic mass is 9.85. The molecule has 0 radical (unpaired) electrons. The third-order valence-corrected chi connectivity index (χ3v) is 3.34. The van der Waals surface area contributed by atoms with Crippen LogP contribution in [0.4, 0.5) is 0 Å². The number of hydrogen-bond donors (Lipinski definition) is 0. The summed E-state index contributed by atoms with van der Waals surface area (Å²) in [6.07, 6.45) is 1.45. The Morgan fingerprint density at radius 3 is 2.47 bits per heavy atom. The first-order valence-corrected chi connectivity index (χ1v) is 6.16. The molecule has 0 amide bonds. The quantitative estimate of drug-likeness (QED) is 0.730. The third kappa shape index (κ3) is 4.22. The standard InChI is InChI=1S/C15H22O2/c1-11(2)14(10-15(16)17-4)9-13-8-6-5-7-12(13)3/h5-8,11,14H,9-10H2,1-4H3. The lowest BCUT2D eigenvalue weighted by Crippen LogP contribution is -2.18. The predicted octanol–water partition coefficient (Wildman–Crippen LogP) is 3.37. The topological polar surface area (TPSA) is 26.3 Å². The number of methoxy groups -OCH3 is 1. The molecule has 2 heteroatoms. The van der Waals surface area contributed by atoms with Crippen LogP contribution >= 0.6 is 0 Å². The first kappa shape index (κ1) is 13.8. The third-order valence-electron chi connectivity index (χ3n) is 3.34. The van der Waals surface area contributed by atoms with E-state index in [-0.39, 0.29) is 5.97 Å². The number of ether oxygens (including phenoxy) is 1. The smallest absolute Gasteiger partial charge is 0.305 e. The lowest BCUT2D eigenvalue weighted by Gasteiger charge is -2.20. The fourth-order valence-electron chi connectivity index (χ4n) is 1.96. The molecule has 0 heterocycles. The van der Waals surface area contributed by atoms with Gasteiger partial charge < -0.3 is 4.74 Å². The van der Waals surface area contributed by atoms with Crippen molar-refractivity contribution in [1.29, 1.82) is 0 Å². The Morgan fingerprint density at radius 1 is 1.29 bits per heavy atom. The highest BCUT2D eigenvalue weighted by molar-refractivity contribution is 5.69. The van der Waals surface area contributed by atoms with Crippen LogP contribution in [0.25, 0.3) is 0 Å². The number of rotatable bonds is 5. The average molecular weight is 234 g/mol. The summed E-state index contributed by atoms with van der Waals surface area (Å²) < 4.78 is 4.76. The van der Waals surface area contributed by atoms with Gasteiger partial charge in [-0.25, -0.2) is 0 Å². The molecule has 1 rings (SSSR count). The van der Waals surface area contributed by atoms with Crippen molar-refractivity contribution in [1.82, 2.24) is 0 Å². The molecule has 94 valence electrons. The second-order valence-corrected chi connectivity index (χ2v) is 4.91. The van der Waals surface area contributed by atoms with Gasteiger partial charge in [0.2, 0.25) is 0 Å². The van der Waals surface area contributed by atoms with Crippen LogP contribution in [0.5, 0.6) is 0 Å².